The SMILES string of the molecule is C=O.CC.CNN.Cc1cc(-c2ccccc2)no1.O=CNC1CCC1. The highest BCUT2D eigenvalue weighted by atomic mass is 16.5. The molecule has 1 aliphatic carbocycles. The van der Waals surface area contributed by atoms with Crippen molar-refractivity contribution in [1.29, 1.82) is 0 Å². The third-order valence-electron chi connectivity index (χ3n) is 3.11. The second-order valence-corrected chi connectivity index (χ2v) is 4.89. The molecule has 4 N–H and O–H groups in total. The maximum atomic E-state index is 9.70. The van der Waals surface area contributed by atoms with E-state index in [1.54, 1.807) is 7.05 Å². The molecule has 0 spiro atoms. The molecule has 1 saturated carbocycles. The van der Waals surface area contributed by atoms with Gasteiger partial charge < -0.3 is 14.6 Å². The van der Waals surface area contributed by atoms with E-state index in [4.69, 9.17) is 9.32 Å². The van der Waals surface area contributed by atoms with Crippen LogP contribution >= 0.6 is 0 Å². The number of nitrogens with zero attached hydrogens (tertiary/aromatic N) is 1. The Labute approximate surface area is 156 Å². The smallest absolute Gasteiger partial charge is 0.207 e. The fourth-order valence-electron chi connectivity index (χ4n) is 1.78. The Kier molecular flexibility index (Phi) is 18.6. The Morgan fingerprint density at radius 3 is 2.08 bits per heavy atom. The molecule has 0 bridgehead atoms. The van der Waals surface area contributed by atoms with Crippen LogP contribution in [0.25, 0.3) is 11.3 Å². The number of hydrazine groups is 1. The van der Waals surface area contributed by atoms with Gasteiger partial charge >= 0.3 is 0 Å². The first-order valence-corrected chi connectivity index (χ1v) is 8.56. The minimum absolute atomic E-state index is 0.512. The maximum Gasteiger partial charge on any atom is 0.207 e. The maximum absolute atomic E-state index is 9.70. The van der Waals surface area contributed by atoms with E-state index in [1.807, 2.05) is 64.0 Å². The van der Waals surface area contributed by atoms with Gasteiger partial charge in [-0.25, -0.2) is 0 Å². The summed E-state index contributed by atoms with van der Waals surface area (Å²) in [5.74, 6) is 5.44. The Bertz CT molecular complexity index is 543. The summed E-state index contributed by atoms with van der Waals surface area (Å²) in [6.07, 6.45) is 4.42. The number of benzene rings is 1. The van der Waals surface area contributed by atoms with Crippen LogP contribution < -0.4 is 16.6 Å². The number of hydrogen-bond acceptors (Lipinski definition) is 6. The molecule has 7 nitrogen and oxygen atoms in total. The second kappa shape index (κ2) is 18.8. The predicted molar refractivity (Wildman–Crippen MR) is 105 cm³/mol. The van der Waals surface area contributed by atoms with Crippen LogP contribution in [-0.4, -0.2) is 31.4 Å². The summed E-state index contributed by atoms with van der Waals surface area (Å²) in [4.78, 5) is 17.7. The van der Waals surface area contributed by atoms with Crippen LogP contribution in [0.15, 0.2) is 40.9 Å². The molecule has 1 aromatic carbocycles. The molecule has 1 heterocycles. The van der Waals surface area contributed by atoms with Crippen molar-refractivity contribution < 1.29 is 14.1 Å². The van der Waals surface area contributed by atoms with Gasteiger partial charge in [0.05, 0.1) is 0 Å². The molecule has 2 aromatic rings. The molecule has 146 valence electrons. The van der Waals surface area contributed by atoms with Crippen molar-refractivity contribution in [3.63, 3.8) is 0 Å². The number of aromatic nitrogens is 1. The Morgan fingerprint density at radius 1 is 1.23 bits per heavy atom. The number of nitrogens with two attached hydrogens (primary N) is 1. The molecular weight excluding hydrogens is 332 g/mol. The van der Waals surface area contributed by atoms with E-state index in [9.17, 15) is 4.79 Å². The molecule has 0 radical (unpaired) electrons. The lowest BCUT2D eigenvalue weighted by atomic mass is 9.94. The van der Waals surface area contributed by atoms with Gasteiger partial charge in [0.2, 0.25) is 6.41 Å². The number of hydrogen-bond donors (Lipinski definition) is 3. The summed E-state index contributed by atoms with van der Waals surface area (Å²) in [5, 5.41) is 6.61. The van der Waals surface area contributed by atoms with Crippen molar-refractivity contribution in [1.82, 2.24) is 15.9 Å². The largest absolute Gasteiger partial charge is 0.361 e. The highest BCUT2D eigenvalue weighted by Gasteiger charge is 2.14. The van der Waals surface area contributed by atoms with Gasteiger partial charge in [0, 0.05) is 17.7 Å². The Balaban J connectivity index is 0. The average molecular weight is 364 g/mol. The molecule has 1 amide bonds. The molecule has 26 heavy (non-hydrogen) atoms. The molecule has 0 aliphatic heterocycles. The van der Waals surface area contributed by atoms with Gasteiger partial charge in [-0.3, -0.25) is 16.1 Å². The highest BCUT2D eigenvalue weighted by Crippen LogP contribution is 2.17. The number of nitrogens with one attached hydrogen (secondary N) is 2. The lowest BCUT2D eigenvalue weighted by molar-refractivity contribution is -0.110. The lowest BCUT2D eigenvalue weighted by Gasteiger charge is -2.23. The molecule has 1 aliphatic rings. The molecule has 3 rings (SSSR count). The van der Waals surface area contributed by atoms with Crippen LogP contribution in [0.5, 0.6) is 0 Å². The molecule has 0 atom stereocenters. The monoisotopic (exact) mass is 364 g/mol. The summed E-state index contributed by atoms with van der Waals surface area (Å²) in [5.41, 5.74) is 4.24. The van der Waals surface area contributed by atoms with Crippen LogP contribution in [0, 0.1) is 6.92 Å². The molecule has 0 unspecified atom stereocenters. The molecule has 7 heteroatoms. The fourth-order valence-corrected chi connectivity index (χ4v) is 1.78. The van der Waals surface area contributed by atoms with Crippen molar-refractivity contribution in [3.05, 3.63) is 42.2 Å². The summed E-state index contributed by atoms with van der Waals surface area (Å²) in [6, 6.07) is 12.4. The minimum Gasteiger partial charge on any atom is -0.361 e. The number of carbonyl (C=O) groups excluding carboxylic acids is 2. The molecule has 1 fully saturated rings. The standard InChI is InChI=1S/C10H9NO.C5H9NO.C2H6.CH6N2.CH2O/c1-8-7-10(11-12-8)9-5-3-2-4-6-9;7-4-6-5-2-1-3-5;1-2;1-3-2;1-2/h2-7H,1H3;4-5H,1-3H2,(H,6,7);1-2H3;3H,2H2,1H3;1H2. The zero-order valence-corrected chi connectivity index (χ0v) is 16.2. The number of aryl methyl sites for hydroxylation is 1. The Morgan fingerprint density at radius 2 is 1.77 bits per heavy atom. The molecule has 1 aromatic heterocycles. The van der Waals surface area contributed by atoms with Crippen molar-refractivity contribution in [2.75, 3.05) is 7.05 Å². The van der Waals surface area contributed by atoms with Crippen LogP contribution in [-0.2, 0) is 9.59 Å². The fraction of sp³-hybridized carbons (Fsp3) is 0.421. The second-order valence-electron chi connectivity index (χ2n) is 4.89. The van der Waals surface area contributed by atoms with Crippen molar-refractivity contribution in [3.8, 4) is 11.3 Å². The van der Waals surface area contributed by atoms with Gasteiger partial charge in [0.25, 0.3) is 0 Å². The lowest BCUT2D eigenvalue weighted by Crippen LogP contribution is -2.33. The number of amides is 1. The van der Waals surface area contributed by atoms with E-state index in [0.717, 1.165) is 23.4 Å². The van der Waals surface area contributed by atoms with Crippen LogP contribution in [0.4, 0.5) is 0 Å². The molecular formula is C19H32N4O3. The first kappa shape index (κ1) is 25.7. The van der Waals surface area contributed by atoms with Crippen molar-refractivity contribution in [2.24, 2.45) is 5.84 Å². The zero-order valence-electron chi connectivity index (χ0n) is 16.2. The minimum atomic E-state index is 0.512. The van der Waals surface area contributed by atoms with Crippen LogP contribution in [0.3, 0.4) is 0 Å². The first-order chi connectivity index (χ1) is 12.7. The van der Waals surface area contributed by atoms with E-state index < -0.39 is 0 Å². The van der Waals surface area contributed by atoms with Crippen LogP contribution in [0.1, 0.15) is 38.9 Å². The highest BCUT2D eigenvalue weighted by molar-refractivity contribution is 5.58. The zero-order chi connectivity index (χ0) is 20.2. The van der Waals surface area contributed by atoms with E-state index in [2.05, 4.69) is 21.7 Å². The summed E-state index contributed by atoms with van der Waals surface area (Å²) >= 11 is 0. The Hall–Kier alpha value is -2.51. The van der Waals surface area contributed by atoms with E-state index in [0.29, 0.717) is 6.04 Å². The van der Waals surface area contributed by atoms with E-state index >= 15 is 0 Å². The van der Waals surface area contributed by atoms with Crippen molar-refractivity contribution in [2.45, 2.75) is 46.1 Å². The van der Waals surface area contributed by atoms with Gasteiger partial charge in [-0.15, -0.1) is 0 Å². The van der Waals surface area contributed by atoms with Crippen LogP contribution in [0.2, 0.25) is 0 Å². The quantitative estimate of drug-likeness (QED) is 0.439. The summed E-state index contributed by atoms with van der Waals surface area (Å²) < 4.78 is 4.97. The number of rotatable bonds is 3. The van der Waals surface area contributed by atoms with Gasteiger partial charge in [-0.05, 0) is 33.2 Å². The predicted octanol–water partition coefficient (Wildman–Crippen LogP) is 2.86. The first-order valence-electron chi connectivity index (χ1n) is 8.56. The van der Waals surface area contributed by atoms with Gasteiger partial charge in [-0.1, -0.05) is 49.3 Å². The topological polar surface area (TPSA) is 110 Å². The number of carbonyl (C=O) groups is 2. The normalized spacial score (nSPS) is 11.3. The average Bonchev–Trinajstić information content (AvgIpc) is 3.10. The summed E-state index contributed by atoms with van der Waals surface area (Å²) in [7, 11) is 1.65. The van der Waals surface area contributed by atoms with Gasteiger partial charge in [0.1, 0.15) is 18.2 Å². The van der Waals surface area contributed by atoms with Gasteiger partial charge in [-0.2, -0.15) is 0 Å². The molecule has 0 saturated heterocycles. The van der Waals surface area contributed by atoms with E-state index in [-0.39, 0.29) is 0 Å². The third-order valence-corrected chi connectivity index (χ3v) is 3.11. The third kappa shape index (κ3) is 11.9. The summed E-state index contributed by atoms with van der Waals surface area (Å²) in [6.45, 7) is 7.89. The van der Waals surface area contributed by atoms with Crippen molar-refractivity contribution >= 4 is 13.2 Å². The van der Waals surface area contributed by atoms with E-state index in [1.165, 1.54) is 19.3 Å². The van der Waals surface area contributed by atoms with Gasteiger partial charge in [0.15, 0.2) is 0 Å².